The number of nitrogens with one attached hydrogen (secondary N) is 1. The molecule has 1 aromatic carbocycles. The SMILES string of the molecule is CC1CCc2c(sc(NC(=O)c3cc4ccccc4oc3=O)c2C(N)=O)C1. The molecule has 0 saturated carbocycles. The number of hydrogen-bond donors (Lipinski definition) is 2. The van der Waals surface area contributed by atoms with Crippen molar-refractivity contribution in [1.82, 2.24) is 0 Å². The zero-order chi connectivity index (χ0) is 19.1. The van der Waals surface area contributed by atoms with Crippen LogP contribution in [0.1, 0.15) is 44.5 Å². The molecule has 3 N–H and O–H groups in total. The lowest BCUT2D eigenvalue weighted by Gasteiger charge is -2.18. The highest BCUT2D eigenvalue weighted by Gasteiger charge is 2.28. The number of primary amides is 1. The minimum absolute atomic E-state index is 0.108. The van der Waals surface area contributed by atoms with E-state index in [0.29, 0.717) is 27.5 Å². The molecule has 1 aliphatic carbocycles. The minimum atomic E-state index is -0.721. The van der Waals surface area contributed by atoms with Gasteiger partial charge in [-0.2, -0.15) is 0 Å². The first kappa shape index (κ1) is 17.5. The molecule has 3 aromatic rings. The van der Waals surface area contributed by atoms with E-state index in [1.807, 2.05) is 0 Å². The highest BCUT2D eigenvalue weighted by molar-refractivity contribution is 7.17. The van der Waals surface area contributed by atoms with Gasteiger partial charge in [0, 0.05) is 10.3 Å². The van der Waals surface area contributed by atoms with Crippen molar-refractivity contribution in [3.05, 3.63) is 62.3 Å². The fourth-order valence-corrected chi connectivity index (χ4v) is 4.90. The highest BCUT2D eigenvalue weighted by Crippen LogP contribution is 2.39. The Morgan fingerprint density at radius 1 is 1.30 bits per heavy atom. The molecule has 27 heavy (non-hydrogen) atoms. The number of fused-ring (bicyclic) bond motifs is 2. The quantitative estimate of drug-likeness (QED) is 0.678. The molecular weight excluding hydrogens is 364 g/mol. The summed E-state index contributed by atoms with van der Waals surface area (Å²) in [7, 11) is 0. The normalized spacial score (nSPS) is 16.1. The lowest BCUT2D eigenvalue weighted by atomic mass is 9.88. The lowest BCUT2D eigenvalue weighted by molar-refractivity contribution is 0.1000. The Morgan fingerprint density at radius 2 is 2.07 bits per heavy atom. The van der Waals surface area contributed by atoms with Crippen molar-refractivity contribution in [2.24, 2.45) is 11.7 Å². The van der Waals surface area contributed by atoms with Crippen molar-refractivity contribution in [3.63, 3.8) is 0 Å². The van der Waals surface area contributed by atoms with Gasteiger partial charge in [-0.15, -0.1) is 11.3 Å². The summed E-state index contributed by atoms with van der Waals surface area (Å²) in [4.78, 5) is 38.0. The summed E-state index contributed by atoms with van der Waals surface area (Å²) in [5.41, 5.74) is 6.44. The number of anilines is 1. The first-order chi connectivity index (χ1) is 12.9. The molecule has 0 bridgehead atoms. The summed E-state index contributed by atoms with van der Waals surface area (Å²) in [6.07, 6.45) is 2.60. The standard InChI is InChI=1S/C20H18N2O4S/c1-10-6-7-12-15(8-10)27-19(16(12)17(21)23)22-18(24)13-9-11-4-2-3-5-14(11)26-20(13)25/h2-5,9-10H,6-8H2,1H3,(H2,21,23)(H,22,24). The largest absolute Gasteiger partial charge is 0.422 e. The Hall–Kier alpha value is -2.93. The van der Waals surface area contributed by atoms with Gasteiger partial charge in [-0.3, -0.25) is 9.59 Å². The predicted octanol–water partition coefficient (Wildman–Crippen LogP) is 3.33. The number of amides is 2. The van der Waals surface area contributed by atoms with Gasteiger partial charge in [0.2, 0.25) is 0 Å². The van der Waals surface area contributed by atoms with Gasteiger partial charge in [-0.25, -0.2) is 4.79 Å². The molecule has 1 atom stereocenters. The van der Waals surface area contributed by atoms with Crippen LogP contribution in [0.2, 0.25) is 0 Å². The van der Waals surface area contributed by atoms with Crippen molar-refractivity contribution >= 4 is 39.1 Å². The molecule has 0 fully saturated rings. The Labute approximate surface area is 159 Å². The van der Waals surface area contributed by atoms with Gasteiger partial charge in [0.25, 0.3) is 11.8 Å². The molecular formula is C20H18N2O4S. The van der Waals surface area contributed by atoms with E-state index in [4.69, 9.17) is 10.2 Å². The van der Waals surface area contributed by atoms with Crippen molar-refractivity contribution in [2.75, 3.05) is 5.32 Å². The maximum absolute atomic E-state index is 12.7. The van der Waals surface area contributed by atoms with Crippen molar-refractivity contribution in [3.8, 4) is 0 Å². The molecule has 0 spiro atoms. The maximum Gasteiger partial charge on any atom is 0.349 e. The number of benzene rings is 1. The van der Waals surface area contributed by atoms with Crippen LogP contribution in [0.3, 0.4) is 0 Å². The molecule has 138 valence electrons. The molecule has 0 radical (unpaired) electrons. The van der Waals surface area contributed by atoms with Crippen LogP contribution in [0.4, 0.5) is 5.00 Å². The fourth-order valence-electron chi connectivity index (χ4n) is 3.49. The average molecular weight is 382 g/mol. The zero-order valence-electron chi connectivity index (χ0n) is 14.7. The number of nitrogens with two attached hydrogens (primary N) is 1. The number of para-hydroxylation sites is 1. The molecule has 4 rings (SSSR count). The first-order valence-corrected chi connectivity index (χ1v) is 9.54. The number of rotatable bonds is 3. The fraction of sp³-hybridized carbons (Fsp3) is 0.250. The van der Waals surface area contributed by atoms with Gasteiger partial charge in [-0.05, 0) is 42.9 Å². The molecule has 7 heteroatoms. The van der Waals surface area contributed by atoms with Gasteiger partial charge in [0.1, 0.15) is 16.1 Å². The van der Waals surface area contributed by atoms with Gasteiger partial charge < -0.3 is 15.5 Å². The van der Waals surface area contributed by atoms with Gasteiger partial charge >= 0.3 is 5.63 Å². The third-order valence-electron chi connectivity index (χ3n) is 4.87. The van der Waals surface area contributed by atoms with E-state index in [9.17, 15) is 14.4 Å². The van der Waals surface area contributed by atoms with E-state index in [0.717, 1.165) is 29.7 Å². The van der Waals surface area contributed by atoms with Gasteiger partial charge in [0.15, 0.2) is 0 Å². The van der Waals surface area contributed by atoms with Crippen molar-refractivity contribution in [2.45, 2.75) is 26.2 Å². The molecule has 0 aliphatic heterocycles. The Bertz CT molecular complexity index is 1130. The summed E-state index contributed by atoms with van der Waals surface area (Å²) in [6, 6.07) is 8.47. The topological polar surface area (TPSA) is 102 Å². The first-order valence-electron chi connectivity index (χ1n) is 8.72. The molecule has 2 aromatic heterocycles. The number of thiophene rings is 1. The van der Waals surface area contributed by atoms with Crippen LogP contribution in [-0.4, -0.2) is 11.8 Å². The zero-order valence-corrected chi connectivity index (χ0v) is 15.5. The number of carbonyl (C=O) groups is 2. The van der Waals surface area contributed by atoms with Crippen LogP contribution in [0.15, 0.2) is 39.5 Å². The summed E-state index contributed by atoms with van der Waals surface area (Å²) < 4.78 is 5.22. The Balaban J connectivity index is 1.72. The minimum Gasteiger partial charge on any atom is -0.422 e. The van der Waals surface area contributed by atoms with E-state index in [-0.39, 0.29) is 5.56 Å². The van der Waals surface area contributed by atoms with E-state index in [2.05, 4.69) is 12.2 Å². The van der Waals surface area contributed by atoms with Crippen LogP contribution in [0.5, 0.6) is 0 Å². The molecule has 0 saturated heterocycles. The second-order valence-electron chi connectivity index (χ2n) is 6.86. The van der Waals surface area contributed by atoms with E-state index < -0.39 is 17.4 Å². The van der Waals surface area contributed by atoms with Crippen LogP contribution in [0, 0.1) is 5.92 Å². The van der Waals surface area contributed by atoms with Crippen LogP contribution in [-0.2, 0) is 12.8 Å². The summed E-state index contributed by atoms with van der Waals surface area (Å²) in [6.45, 7) is 2.16. The second kappa shape index (κ2) is 6.66. The third kappa shape index (κ3) is 3.14. The van der Waals surface area contributed by atoms with Crippen LogP contribution < -0.4 is 16.7 Å². The van der Waals surface area contributed by atoms with Crippen LogP contribution >= 0.6 is 11.3 Å². The Morgan fingerprint density at radius 3 is 2.85 bits per heavy atom. The average Bonchev–Trinajstić information content (AvgIpc) is 2.97. The second-order valence-corrected chi connectivity index (χ2v) is 7.96. The van der Waals surface area contributed by atoms with E-state index >= 15 is 0 Å². The number of hydrogen-bond acceptors (Lipinski definition) is 5. The summed E-state index contributed by atoms with van der Waals surface area (Å²) in [5, 5.41) is 3.76. The predicted molar refractivity (Wildman–Crippen MR) is 104 cm³/mol. The lowest BCUT2D eigenvalue weighted by Crippen LogP contribution is -2.22. The Kier molecular flexibility index (Phi) is 4.31. The van der Waals surface area contributed by atoms with Crippen molar-refractivity contribution in [1.29, 1.82) is 0 Å². The summed E-state index contributed by atoms with van der Waals surface area (Å²) in [5.74, 6) is -0.653. The van der Waals surface area contributed by atoms with E-state index in [1.165, 1.54) is 17.4 Å². The van der Waals surface area contributed by atoms with Gasteiger partial charge in [0.05, 0.1) is 5.56 Å². The monoisotopic (exact) mass is 382 g/mol. The summed E-state index contributed by atoms with van der Waals surface area (Å²) >= 11 is 1.36. The van der Waals surface area contributed by atoms with Crippen LogP contribution in [0.25, 0.3) is 11.0 Å². The molecule has 1 unspecified atom stereocenters. The number of carbonyl (C=O) groups excluding carboxylic acids is 2. The smallest absolute Gasteiger partial charge is 0.349 e. The van der Waals surface area contributed by atoms with E-state index in [1.54, 1.807) is 24.3 Å². The molecule has 2 amide bonds. The highest BCUT2D eigenvalue weighted by atomic mass is 32.1. The van der Waals surface area contributed by atoms with Crippen molar-refractivity contribution < 1.29 is 14.0 Å². The molecule has 6 nitrogen and oxygen atoms in total. The molecule has 2 heterocycles. The third-order valence-corrected chi connectivity index (χ3v) is 6.04. The molecule has 1 aliphatic rings. The maximum atomic E-state index is 12.7. The van der Waals surface area contributed by atoms with Gasteiger partial charge in [-0.1, -0.05) is 25.1 Å².